The molecule has 104 valence electrons. The number of nitrogens with zero attached hydrogens (tertiary/aromatic N) is 1. The van der Waals surface area contributed by atoms with Crippen molar-refractivity contribution in [1.29, 1.82) is 0 Å². The van der Waals surface area contributed by atoms with Crippen molar-refractivity contribution in [1.82, 2.24) is 0 Å². The van der Waals surface area contributed by atoms with Gasteiger partial charge >= 0.3 is 0 Å². The molecule has 0 saturated heterocycles. The van der Waals surface area contributed by atoms with E-state index in [9.17, 15) is 19.6 Å². The van der Waals surface area contributed by atoms with Gasteiger partial charge in [0.1, 0.15) is 5.75 Å². The largest absolute Gasteiger partial charge is 0.454 e. The van der Waals surface area contributed by atoms with Gasteiger partial charge in [-0.3, -0.25) is 10.1 Å². The molecule has 1 atom stereocenters. The van der Waals surface area contributed by atoms with E-state index >= 15 is 0 Å². The predicted octanol–water partition coefficient (Wildman–Crippen LogP) is 3.58. The van der Waals surface area contributed by atoms with Crippen LogP contribution >= 0.6 is 0 Å². The van der Waals surface area contributed by atoms with Crippen molar-refractivity contribution >= 4 is 5.69 Å². The number of hydrogen-bond donors (Lipinski definition) is 1. The van der Waals surface area contributed by atoms with Gasteiger partial charge < -0.3 is 9.84 Å². The lowest BCUT2D eigenvalue weighted by molar-refractivity contribution is -0.385. The minimum atomic E-state index is -0.834. The van der Waals surface area contributed by atoms with Crippen LogP contribution in [0.5, 0.6) is 11.5 Å². The molecule has 6 heteroatoms. The van der Waals surface area contributed by atoms with E-state index in [1.54, 1.807) is 31.2 Å². The van der Waals surface area contributed by atoms with Gasteiger partial charge in [-0.25, -0.2) is 4.39 Å². The first kappa shape index (κ1) is 14.0. The average Bonchev–Trinajstić information content (AvgIpc) is 2.41. The number of halogens is 1. The average molecular weight is 277 g/mol. The molecule has 2 rings (SSSR count). The van der Waals surface area contributed by atoms with Crippen molar-refractivity contribution in [3.8, 4) is 11.5 Å². The molecule has 0 amide bonds. The van der Waals surface area contributed by atoms with E-state index in [1.165, 1.54) is 6.07 Å². The van der Waals surface area contributed by atoms with Crippen molar-refractivity contribution in [3.05, 3.63) is 64.0 Å². The van der Waals surface area contributed by atoms with Crippen LogP contribution in [-0.2, 0) is 0 Å². The Bertz CT molecular complexity index is 643. The molecule has 0 spiro atoms. The zero-order valence-electron chi connectivity index (χ0n) is 10.6. The lowest BCUT2D eigenvalue weighted by Crippen LogP contribution is -1.97. The van der Waals surface area contributed by atoms with Gasteiger partial charge in [0.05, 0.1) is 17.1 Å². The quantitative estimate of drug-likeness (QED) is 0.684. The van der Waals surface area contributed by atoms with Crippen LogP contribution in [0.3, 0.4) is 0 Å². The Hall–Kier alpha value is -2.47. The van der Waals surface area contributed by atoms with Crippen molar-refractivity contribution in [2.75, 3.05) is 0 Å². The molecule has 20 heavy (non-hydrogen) atoms. The summed E-state index contributed by atoms with van der Waals surface area (Å²) in [7, 11) is 0. The second kappa shape index (κ2) is 5.66. The molecule has 5 nitrogen and oxygen atoms in total. The molecule has 0 aliphatic heterocycles. The highest BCUT2D eigenvalue weighted by molar-refractivity contribution is 5.42. The number of rotatable bonds is 4. The number of para-hydroxylation sites is 1. The summed E-state index contributed by atoms with van der Waals surface area (Å²) < 4.78 is 19.1. The van der Waals surface area contributed by atoms with E-state index in [2.05, 4.69) is 0 Å². The standard InChI is InChI=1S/C14H12FNO4/c1-9(17)11-4-2-3-5-13(11)20-14-7-6-10(16(18)19)8-12(14)15/h2-9,17H,1H3/t9-/m0/s1. The second-order valence-corrected chi connectivity index (χ2v) is 4.19. The van der Waals surface area contributed by atoms with E-state index in [4.69, 9.17) is 4.74 Å². The lowest BCUT2D eigenvalue weighted by atomic mass is 10.1. The summed E-state index contributed by atoms with van der Waals surface area (Å²) in [4.78, 5) is 9.85. The molecule has 0 bridgehead atoms. The first-order chi connectivity index (χ1) is 9.49. The fraction of sp³-hybridized carbons (Fsp3) is 0.143. The molecule has 2 aromatic rings. The zero-order chi connectivity index (χ0) is 14.7. The minimum absolute atomic E-state index is 0.135. The van der Waals surface area contributed by atoms with Crippen molar-refractivity contribution in [2.24, 2.45) is 0 Å². The van der Waals surface area contributed by atoms with E-state index < -0.39 is 16.8 Å². The van der Waals surface area contributed by atoms with Crippen LogP contribution in [0, 0.1) is 15.9 Å². The number of nitro groups is 1. The molecular weight excluding hydrogens is 265 g/mol. The Balaban J connectivity index is 2.33. The van der Waals surface area contributed by atoms with Crippen molar-refractivity contribution in [3.63, 3.8) is 0 Å². The molecule has 0 aliphatic carbocycles. The maximum Gasteiger partial charge on any atom is 0.272 e. The molecule has 0 aliphatic rings. The number of ether oxygens (including phenoxy) is 1. The Morgan fingerprint density at radius 3 is 2.55 bits per heavy atom. The smallest absolute Gasteiger partial charge is 0.272 e. The van der Waals surface area contributed by atoms with Crippen LogP contribution < -0.4 is 4.74 Å². The number of hydrogen-bond acceptors (Lipinski definition) is 4. The molecule has 2 aromatic carbocycles. The van der Waals surface area contributed by atoms with Gasteiger partial charge in [0.15, 0.2) is 11.6 Å². The number of benzene rings is 2. The van der Waals surface area contributed by atoms with Gasteiger partial charge in [0, 0.05) is 11.6 Å². The van der Waals surface area contributed by atoms with Crippen molar-refractivity contribution in [2.45, 2.75) is 13.0 Å². The maximum absolute atomic E-state index is 13.7. The number of aliphatic hydroxyl groups excluding tert-OH is 1. The summed E-state index contributed by atoms with van der Waals surface area (Å²) in [5.74, 6) is -0.668. The van der Waals surface area contributed by atoms with E-state index in [1.807, 2.05) is 0 Å². The topological polar surface area (TPSA) is 72.6 Å². The van der Waals surface area contributed by atoms with Crippen LogP contribution in [0.1, 0.15) is 18.6 Å². The summed E-state index contributed by atoms with van der Waals surface area (Å²) >= 11 is 0. The summed E-state index contributed by atoms with van der Waals surface area (Å²) in [5, 5.41) is 20.1. The van der Waals surface area contributed by atoms with E-state index in [0.717, 1.165) is 12.1 Å². The fourth-order valence-electron chi connectivity index (χ4n) is 1.72. The molecule has 0 radical (unpaired) electrons. The molecule has 0 fully saturated rings. The van der Waals surface area contributed by atoms with Gasteiger partial charge in [0.25, 0.3) is 5.69 Å². The maximum atomic E-state index is 13.7. The lowest BCUT2D eigenvalue weighted by Gasteiger charge is -2.13. The Morgan fingerprint density at radius 2 is 1.95 bits per heavy atom. The fourth-order valence-corrected chi connectivity index (χ4v) is 1.72. The third kappa shape index (κ3) is 2.92. The van der Waals surface area contributed by atoms with E-state index in [0.29, 0.717) is 11.3 Å². The number of nitro benzene ring substituents is 1. The Morgan fingerprint density at radius 1 is 1.25 bits per heavy atom. The van der Waals surface area contributed by atoms with E-state index in [-0.39, 0.29) is 11.4 Å². The first-order valence-electron chi connectivity index (χ1n) is 5.88. The van der Waals surface area contributed by atoms with Gasteiger partial charge in [0.2, 0.25) is 0 Å². The molecule has 0 aromatic heterocycles. The Kier molecular flexibility index (Phi) is 3.95. The summed E-state index contributed by atoms with van der Waals surface area (Å²) in [6.45, 7) is 1.56. The van der Waals surface area contributed by atoms with Crippen LogP contribution in [0.25, 0.3) is 0 Å². The van der Waals surface area contributed by atoms with Crippen molar-refractivity contribution < 1.29 is 19.2 Å². The molecular formula is C14H12FNO4. The molecule has 0 unspecified atom stereocenters. The monoisotopic (exact) mass is 277 g/mol. The highest BCUT2D eigenvalue weighted by atomic mass is 19.1. The van der Waals surface area contributed by atoms with Gasteiger partial charge in [-0.05, 0) is 19.1 Å². The predicted molar refractivity (Wildman–Crippen MR) is 70.2 cm³/mol. The molecule has 0 heterocycles. The highest BCUT2D eigenvalue weighted by Gasteiger charge is 2.14. The van der Waals surface area contributed by atoms with Gasteiger partial charge in [-0.2, -0.15) is 0 Å². The van der Waals surface area contributed by atoms with Gasteiger partial charge in [-0.1, -0.05) is 18.2 Å². The minimum Gasteiger partial charge on any atom is -0.454 e. The van der Waals surface area contributed by atoms with Crippen LogP contribution in [0.15, 0.2) is 42.5 Å². The highest BCUT2D eigenvalue weighted by Crippen LogP contribution is 2.32. The second-order valence-electron chi connectivity index (χ2n) is 4.19. The van der Waals surface area contributed by atoms with Gasteiger partial charge in [-0.15, -0.1) is 0 Å². The van der Waals surface area contributed by atoms with Crippen LogP contribution in [0.4, 0.5) is 10.1 Å². The summed E-state index contributed by atoms with van der Waals surface area (Å²) in [5.41, 5.74) is 0.156. The third-order valence-electron chi connectivity index (χ3n) is 2.72. The third-order valence-corrected chi connectivity index (χ3v) is 2.72. The zero-order valence-corrected chi connectivity index (χ0v) is 10.6. The summed E-state index contributed by atoms with van der Waals surface area (Å²) in [6.07, 6.45) is -0.771. The normalized spacial score (nSPS) is 11.9. The van der Waals surface area contributed by atoms with Crippen LogP contribution in [-0.4, -0.2) is 10.0 Å². The SMILES string of the molecule is C[C@H](O)c1ccccc1Oc1ccc([N+](=O)[O-])cc1F. The molecule has 1 N–H and O–H groups in total. The Labute approximate surface area is 114 Å². The van der Waals surface area contributed by atoms with Crippen LogP contribution in [0.2, 0.25) is 0 Å². The summed E-state index contributed by atoms with van der Waals surface area (Å²) in [6, 6.07) is 9.79. The molecule has 0 saturated carbocycles. The number of aliphatic hydroxyl groups is 1. The number of non-ortho nitro benzene ring substituents is 1. The first-order valence-corrected chi connectivity index (χ1v) is 5.88.